The molecule has 2 aromatic heterocycles. The fourth-order valence-corrected chi connectivity index (χ4v) is 2.60. The van der Waals surface area contributed by atoms with E-state index in [2.05, 4.69) is 17.0 Å². The highest BCUT2D eigenvalue weighted by Gasteiger charge is 2.14. The molecule has 3 aromatic rings. The number of ether oxygens (including phenoxy) is 1. The van der Waals surface area contributed by atoms with Gasteiger partial charge >= 0.3 is 0 Å². The first-order chi connectivity index (χ1) is 12.6. The molecular formula is C20H21N3O3. The summed E-state index contributed by atoms with van der Waals surface area (Å²) in [4.78, 5) is 12.3. The lowest BCUT2D eigenvalue weighted by Crippen LogP contribution is -2.11. The Balaban J connectivity index is 1.64. The van der Waals surface area contributed by atoms with E-state index < -0.39 is 0 Å². The summed E-state index contributed by atoms with van der Waals surface area (Å²) in [6, 6.07) is 11.1. The van der Waals surface area contributed by atoms with Crippen molar-refractivity contribution in [1.29, 1.82) is 0 Å². The zero-order valence-corrected chi connectivity index (χ0v) is 14.9. The van der Waals surface area contributed by atoms with E-state index in [0.717, 1.165) is 23.4 Å². The molecule has 1 N–H and O–H groups in total. The van der Waals surface area contributed by atoms with Crippen molar-refractivity contribution in [2.45, 2.75) is 20.0 Å². The summed E-state index contributed by atoms with van der Waals surface area (Å²) in [5.74, 6) is 1.26. The molecule has 3 rings (SSSR count). The Kier molecular flexibility index (Phi) is 5.22. The number of carbonyl (C=O) groups is 1. The van der Waals surface area contributed by atoms with E-state index in [-0.39, 0.29) is 18.3 Å². The lowest BCUT2D eigenvalue weighted by Gasteiger charge is -2.08. The molecule has 0 radical (unpaired) electrons. The molecule has 0 aliphatic rings. The Morgan fingerprint density at radius 2 is 2.15 bits per heavy atom. The van der Waals surface area contributed by atoms with Crippen molar-refractivity contribution in [3.8, 4) is 5.75 Å². The topological polar surface area (TPSA) is 69.3 Å². The molecule has 0 fully saturated rings. The van der Waals surface area contributed by atoms with Gasteiger partial charge < -0.3 is 14.5 Å². The third-order valence-corrected chi connectivity index (χ3v) is 3.85. The lowest BCUT2D eigenvalue weighted by molar-refractivity contribution is 0.0992. The minimum Gasteiger partial charge on any atom is -0.485 e. The molecule has 134 valence electrons. The van der Waals surface area contributed by atoms with E-state index in [1.807, 2.05) is 37.3 Å². The number of nitrogens with one attached hydrogen (secondary N) is 1. The highest BCUT2D eigenvalue weighted by molar-refractivity contribution is 6.02. The highest BCUT2D eigenvalue weighted by Crippen LogP contribution is 2.21. The van der Waals surface area contributed by atoms with Crippen LogP contribution in [0.15, 0.2) is 59.7 Å². The first kappa shape index (κ1) is 17.5. The molecule has 1 amide bonds. The molecule has 6 heteroatoms. The van der Waals surface area contributed by atoms with Gasteiger partial charge in [-0.25, -0.2) is 0 Å². The highest BCUT2D eigenvalue weighted by atomic mass is 16.5. The van der Waals surface area contributed by atoms with Gasteiger partial charge in [0, 0.05) is 13.2 Å². The van der Waals surface area contributed by atoms with Gasteiger partial charge in [0.1, 0.15) is 18.1 Å². The Morgan fingerprint density at radius 1 is 1.35 bits per heavy atom. The molecule has 0 saturated carbocycles. The molecule has 0 spiro atoms. The molecule has 0 saturated heterocycles. The number of nitrogens with zero attached hydrogens (tertiary/aromatic N) is 2. The minimum absolute atomic E-state index is 0.228. The van der Waals surface area contributed by atoms with Crippen LogP contribution in [0.2, 0.25) is 0 Å². The number of anilines is 1. The van der Waals surface area contributed by atoms with Crippen LogP contribution < -0.4 is 10.1 Å². The number of rotatable bonds is 7. The maximum atomic E-state index is 12.3. The maximum absolute atomic E-state index is 12.3. The van der Waals surface area contributed by atoms with Crippen molar-refractivity contribution in [2.75, 3.05) is 5.32 Å². The van der Waals surface area contributed by atoms with Crippen LogP contribution in [0.1, 0.15) is 27.6 Å². The first-order valence-electron chi connectivity index (χ1n) is 8.28. The minimum atomic E-state index is -0.320. The Labute approximate surface area is 152 Å². The van der Waals surface area contributed by atoms with E-state index in [4.69, 9.17) is 9.15 Å². The number of para-hydroxylation sites is 1. The van der Waals surface area contributed by atoms with E-state index in [0.29, 0.717) is 11.4 Å². The zero-order valence-electron chi connectivity index (χ0n) is 14.9. The molecule has 0 bridgehead atoms. The van der Waals surface area contributed by atoms with Gasteiger partial charge in [-0.1, -0.05) is 24.3 Å². The van der Waals surface area contributed by atoms with Gasteiger partial charge in [-0.3, -0.25) is 9.48 Å². The average Bonchev–Trinajstić information content (AvgIpc) is 3.21. The molecular weight excluding hydrogens is 330 g/mol. The number of benzene rings is 1. The number of hydrogen-bond acceptors (Lipinski definition) is 4. The van der Waals surface area contributed by atoms with Gasteiger partial charge in [0.2, 0.25) is 0 Å². The van der Waals surface area contributed by atoms with Gasteiger partial charge in [-0.15, -0.1) is 6.58 Å². The summed E-state index contributed by atoms with van der Waals surface area (Å²) in [5, 5.41) is 6.99. The molecule has 0 atom stereocenters. The van der Waals surface area contributed by atoms with E-state index >= 15 is 0 Å². The number of allylic oxidation sites excluding steroid dienone is 1. The van der Waals surface area contributed by atoms with Crippen LogP contribution in [0.25, 0.3) is 0 Å². The maximum Gasteiger partial charge on any atom is 0.291 e. The van der Waals surface area contributed by atoms with E-state index in [1.165, 1.54) is 0 Å². The Bertz CT molecular complexity index is 924. The van der Waals surface area contributed by atoms with Gasteiger partial charge in [-0.2, -0.15) is 5.10 Å². The standard InChI is InChI=1S/C20H21N3O3/c1-4-7-15-8-5-6-9-18(15)25-13-16-10-11-19(26-16)20(24)21-17-12-23(3)22-14(17)2/h4-6,8-12H,1,7,13H2,2-3H3,(H,21,24). The number of furan rings is 1. The van der Waals surface area contributed by atoms with Crippen molar-refractivity contribution in [3.63, 3.8) is 0 Å². The summed E-state index contributed by atoms with van der Waals surface area (Å²) in [7, 11) is 1.80. The molecule has 0 aliphatic heterocycles. The second-order valence-corrected chi connectivity index (χ2v) is 5.91. The molecule has 0 unspecified atom stereocenters. The summed E-state index contributed by atoms with van der Waals surface area (Å²) >= 11 is 0. The van der Waals surface area contributed by atoms with Crippen LogP contribution in [0, 0.1) is 6.92 Å². The van der Waals surface area contributed by atoms with E-state index in [9.17, 15) is 4.79 Å². The third-order valence-electron chi connectivity index (χ3n) is 3.85. The van der Waals surface area contributed by atoms with Crippen molar-refractivity contribution >= 4 is 11.6 Å². The average molecular weight is 351 g/mol. The molecule has 0 aliphatic carbocycles. The second-order valence-electron chi connectivity index (χ2n) is 5.91. The number of hydrogen-bond donors (Lipinski definition) is 1. The normalized spacial score (nSPS) is 10.5. The van der Waals surface area contributed by atoms with Crippen LogP contribution in [-0.2, 0) is 20.1 Å². The van der Waals surface area contributed by atoms with Gasteiger partial charge in [0.25, 0.3) is 5.91 Å². The monoisotopic (exact) mass is 351 g/mol. The first-order valence-corrected chi connectivity index (χ1v) is 8.28. The van der Waals surface area contributed by atoms with Crippen molar-refractivity contribution in [1.82, 2.24) is 9.78 Å². The zero-order chi connectivity index (χ0) is 18.5. The summed E-state index contributed by atoms with van der Waals surface area (Å²) in [6.07, 6.45) is 4.31. The Hall–Kier alpha value is -3.28. The van der Waals surface area contributed by atoms with Crippen molar-refractivity contribution in [2.24, 2.45) is 7.05 Å². The largest absolute Gasteiger partial charge is 0.485 e. The Morgan fingerprint density at radius 3 is 2.88 bits per heavy atom. The van der Waals surface area contributed by atoms with Gasteiger partial charge in [0.15, 0.2) is 5.76 Å². The van der Waals surface area contributed by atoms with Gasteiger partial charge in [0.05, 0.1) is 11.4 Å². The predicted octanol–water partition coefficient (Wildman–Crippen LogP) is 3.88. The van der Waals surface area contributed by atoms with Crippen LogP contribution in [0.4, 0.5) is 5.69 Å². The fraction of sp³-hybridized carbons (Fsp3) is 0.200. The molecule has 6 nitrogen and oxygen atoms in total. The molecule has 2 heterocycles. The van der Waals surface area contributed by atoms with Crippen LogP contribution in [0.5, 0.6) is 5.75 Å². The molecule has 1 aromatic carbocycles. The van der Waals surface area contributed by atoms with Crippen molar-refractivity contribution < 1.29 is 13.9 Å². The van der Waals surface area contributed by atoms with Crippen LogP contribution in [0.3, 0.4) is 0 Å². The lowest BCUT2D eigenvalue weighted by atomic mass is 10.1. The number of carbonyl (C=O) groups excluding carboxylic acids is 1. The number of amides is 1. The van der Waals surface area contributed by atoms with Crippen molar-refractivity contribution in [3.05, 3.63) is 78.0 Å². The fourth-order valence-electron chi connectivity index (χ4n) is 2.60. The SMILES string of the molecule is C=CCc1ccccc1OCc1ccc(C(=O)Nc2cn(C)nc2C)o1. The predicted molar refractivity (Wildman–Crippen MR) is 99.3 cm³/mol. The quantitative estimate of drug-likeness (QED) is 0.656. The smallest absolute Gasteiger partial charge is 0.291 e. The van der Waals surface area contributed by atoms with Crippen LogP contribution in [-0.4, -0.2) is 15.7 Å². The summed E-state index contributed by atoms with van der Waals surface area (Å²) in [5.41, 5.74) is 2.46. The second kappa shape index (κ2) is 7.74. The summed E-state index contributed by atoms with van der Waals surface area (Å²) < 4.78 is 13.1. The summed E-state index contributed by atoms with van der Waals surface area (Å²) in [6.45, 7) is 5.83. The number of aromatic nitrogens is 2. The number of aryl methyl sites for hydroxylation is 2. The van der Waals surface area contributed by atoms with Crippen LogP contribution >= 0.6 is 0 Å². The van der Waals surface area contributed by atoms with E-state index in [1.54, 1.807) is 30.1 Å². The molecule has 26 heavy (non-hydrogen) atoms. The van der Waals surface area contributed by atoms with Gasteiger partial charge in [-0.05, 0) is 37.1 Å². The third kappa shape index (κ3) is 4.03.